The molecule has 0 spiro atoms. The molecule has 0 bridgehead atoms. The zero-order valence-corrected chi connectivity index (χ0v) is 16.4. The summed E-state index contributed by atoms with van der Waals surface area (Å²) in [4.78, 5) is 39.6. The highest BCUT2D eigenvalue weighted by Gasteiger charge is 1.91. The van der Waals surface area contributed by atoms with E-state index in [9.17, 15) is 19.2 Å². The maximum atomic E-state index is 10.3. The van der Waals surface area contributed by atoms with Gasteiger partial charge in [-0.1, -0.05) is 39.7 Å². The number of carbonyl (C=O) groups is 4. The topological polar surface area (TPSA) is 136 Å². The maximum absolute atomic E-state index is 10.3. The lowest BCUT2D eigenvalue weighted by Gasteiger charge is -1.97. The molecule has 0 rings (SSSR count). The number of methoxy groups -OCH3 is 1. The standard InChI is InChI=1S/C7H12O2.C5H8O3.C4H6O2.C3H4O2/c1-3-5-6-9-7(8)4-2;1-2-5(7)8-4-3-6;1-3-4(5)6-2;1-2-3(4)5/h4H,2-3,5-6H2,1H3;2,6H,1,3-4H2;3H,1H2,2H3;2H,1H2,(H,4,5). The smallest absolute Gasteiger partial charge is 0.330 e. The predicted molar refractivity (Wildman–Crippen MR) is 104 cm³/mol. The number of esters is 3. The summed E-state index contributed by atoms with van der Waals surface area (Å²) >= 11 is 0. The van der Waals surface area contributed by atoms with Crippen LogP contribution < -0.4 is 0 Å². The van der Waals surface area contributed by atoms with Crippen molar-refractivity contribution in [2.75, 3.05) is 26.9 Å². The molecule has 0 aromatic carbocycles. The molecule has 28 heavy (non-hydrogen) atoms. The summed E-state index contributed by atoms with van der Waals surface area (Å²) < 4.78 is 13.2. The number of hydrogen-bond acceptors (Lipinski definition) is 8. The van der Waals surface area contributed by atoms with E-state index in [2.05, 4.69) is 40.5 Å². The van der Waals surface area contributed by atoms with E-state index in [0.717, 1.165) is 31.1 Å². The second kappa shape index (κ2) is 28.6. The van der Waals surface area contributed by atoms with Crippen LogP contribution in [0.5, 0.6) is 0 Å². The van der Waals surface area contributed by atoms with Gasteiger partial charge in [0.1, 0.15) is 6.61 Å². The number of carbonyl (C=O) groups excluding carboxylic acids is 3. The molecule has 0 aliphatic rings. The van der Waals surface area contributed by atoms with Crippen LogP contribution in [0.2, 0.25) is 0 Å². The molecule has 0 saturated heterocycles. The van der Waals surface area contributed by atoms with E-state index in [-0.39, 0.29) is 19.2 Å². The van der Waals surface area contributed by atoms with Crippen molar-refractivity contribution in [3.63, 3.8) is 0 Å². The normalized spacial score (nSPS) is 7.68. The minimum atomic E-state index is -0.981. The minimum absolute atomic E-state index is 0.0465. The second-order valence-electron chi connectivity index (χ2n) is 4.09. The molecule has 0 aromatic rings. The molecule has 0 radical (unpaired) electrons. The van der Waals surface area contributed by atoms with Gasteiger partial charge in [-0.3, -0.25) is 0 Å². The predicted octanol–water partition coefficient (Wildman–Crippen LogP) is 1.83. The Hall–Kier alpha value is -3.20. The average molecular weight is 402 g/mol. The fourth-order valence-electron chi connectivity index (χ4n) is 0.665. The van der Waals surface area contributed by atoms with Gasteiger partial charge in [0.25, 0.3) is 0 Å². The molecule has 0 unspecified atom stereocenters. The van der Waals surface area contributed by atoms with Gasteiger partial charge in [0, 0.05) is 24.3 Å². The molecule has 0 saturated carbocycles. The van der Waals surface area contributed by atoms with E-state index in [1.807, 2.05) is 6.92 Å². The molecule has 0 heterocycles. The van der Waals surface area contributed by atoms with Gasteiger partial charge in [0.2, 0.25) is 0 Å². The van der Waals surface area contributed by atoms with Gasteiger partial charge >= 0.3 is 23.9 Å². The van der Waals surface area contributed by atoms with Gasteiger partial charge in [0.15, 0.2) is 0 Å². The molecular formula is C19H30O9. The number of hydrogen-bond donors (Lipinski definition) is 2. The lowest BCUT2D eigenvalue weighted by atomic mass is 10.4. The molecule has 0 fully saturated rings. The van der Waals surface area contributed by atoms with E-state index in [1.54, 1.807) is 0 Å². The number of aliphatic hydroxyl groups is 1. The maximum Gasteiger partial charge on any atom is 0.330 e. The summed E-state index contributed by atoms with van der Waals surface area (Å²) in [5.74, 6) is -2.21. The van der Waals surface area contributed by atoms with Crippen LogP contribution in [0.1, 0.15) is 19.8 Å². The first-order valence-corrected chi connectivity index (χ1v) is 7.95. The largest absolute Gasteiger partial charge is 0.478 e. The van der Waals surface area contributed by atoms with Crippen LogP contribution in [0, 0.1) is 0 Å². The molecule has 0 aromatic heterocycles. The van der Waals surface area contributed by atoms with Crippen LogP contribution in [0.15, 0.2) is 50.6 Å². The number of ether oxygens (including phenoxy) is 3. The van der Waals surface area contributed by atoms with Crippen molar-refractivity contribution in [1.29, 1.82) is 0 Å². The zero-order chi connectivity index (χ0) is 22.8. The Morgan fingerprint density at radius 1 is 0.821 bits per heavy atom. The fourth-order valence-corrected chi connectivity index (χ4v) is 0.665. The lowest BCUT2D eigenvalue weighted by molar-refractivity contribution is -0.139. The van der Waals surface area contributed by atoms with Crippen LogP contribution in [0.25, 0.3) is 0 Å². The van der Waals surface area contributed by atoms with E-state index < -0.39 is 17.9 Å². The Balaban J connectivity index is -0.000000141. The summed E-state index contributed by atoms with van der Waals surface area (Å²) in [6, 6.07) is 0. The van der Waals surface area contributed by atoms with E-state index in [1.165, 1.54) is 13.2 Å². The third-order valence-corrected chi connectivity index (χ3v) is 1.95. The van der Waals surface area contributed by atoms with Crippen molar-refractivity contribution in [2.24, 2.45) is 0 Å². The second-order valence-corrected chi connectivity index (χ2v) is 4.09. The highest BCUT2D eigenvalue weighted by molar-refractivity contribution is 5.81. The third kappa shape index (κ3) is 43.4. The molecule has 0 atom stereocenters. The quantitative estimate of drug-likeness (QED) is 0.256. The zero-order valence-electron chi connectivity index (χ0n) is 16.4. The summed E-state index contributed by atoms with van der Waals surface area (Å²) in [5.41, 5.74) is 0. The highest BCUT2D eigenvalue weighted by Crippen LogP contribution is 1.88. The van der Waals surface area contributed by atoms with Crippen LogP contribution in [-0.2, 0) is 33.4 Å². The fraction of sp³-hybridized carbons (Fsp3) is 0.368. The number of rotatable bonds is 9. The van der Waals surface area contributed by atoms with Gasteiger partial charge in [-0.2, -0.15) is 0 Å². The van der Waals surface area contributed by atoms with Gasteiger partial charge in [-0.25, -0.2) is 19.2 Å². The van der Waals surface area contributed by atoms with Crippen LogP contribution in [0.3, 0.4) is 0 Å². The van der Waals surface area contributed by atoms with Crippen LogP contribution >= 0.6 is 0 Å². The van der Waals surface area contributed by atoms with Crippen LogP contribution in [-0.4, -0.2) is 61.0 Å². The minimum Gasteiger partial charge on any atom is -0.478 e. The Morgan fingerprint density at radius 2 is 1.21 bits per heavy atom. The van der Waals surface area contributed by atoms with E-state index >= 15 is 0 Å². The van der Waals surface area contributed by atoms with Gasteiger partial charge in [-0.15, -0.1) is 0 Å². The average Bonchev–Trinajstić information content (AvgIpc) is 2.72. The monoisotopic (exact) mass is 402 g/mol. The summed E-state index contributed by atoms with van der Waals surface area (Å²) in [5, 5.41) is 15.7. The van der Waals surface area contributed by atoms with E-state index in [4.69, 9.17) is 10.2 Å². The van der Waals surface area contributed by atoms with Crippen molar-refractivity contribution in [2.45, 2.75) is 19.8 Å². The molecule has 0 amide bonds. The molecular weight excluding hydrogens is 372 g/mol. The number of carboxylic acids is 1. The molecule has 0 aliphatic heterocycles. The molecule has 2 N–H and O–H groups in total. The van der Waals surface area contributed by atoms with Crippen molar-refractivity contribution in [3.8, 4) is 0 Å². The Labute approximate surface area is 165 Å². The number of unbranched alkanes of at least 4 members (excludes halogenated alkanes) is 1. The van der Waals surface area contributed by atoms with Crippen molar-refractivity contribution in [3.05, 3.63) is 50.6 Å². The lowest BCUT2D eigenvalue weighted by Crippen LogP contribution is -2.04. The van der Waals surface area contributed by atoms with Gasteiger partial charge in [-0.05, 0) is 6.42 Å². The summed E-state index contributed by atoms with van der Waals surface area (Å²) in [6.45, 7) is 15.0. The first-order valence-electron chi connectivity index (χ1n) is 7.95. The number of aliphatic carboxylic acids is 1. The molecule has 9 heteroatoms. The molecule has 0 aliphatic carbocycles. The Kier molecular flexibility index (Phi) is 33.2. The Bertz CT molecular complexity index is 482. The van der Waals surface area contributed by atoms with Gasteiger partial charge < -0.3 is 24.4 Å². The van der Waals surface area contributed by atoms with Crippen LogP contribution in [0.4, 0.5) is 0 Å². The van der Waals surface area contributed by atoms with Crippen molar-refractivity contribution < 1.29 is 43.6 Å². The SMILES string of the molecule is C=CC(=O)O.C=CC(=O)OC.C=CC(=O)OCCCC.C=CC(=O)OCCO. The molecule has 160 valence electrons. The van der Waals surface area contributed by atoms with E-state index in [0.29, 0.717) is 6.61 Å². The first-order chi connectivity index (χ1) is 13.2. The number of carboxylic acid groups (broad SMARTS) is 1. The summed E-state index contributed by atoms with van der Waals surface area (Å²) in [7, 11) is 1.31. The number of aliphatic hydroxyl groups excluding tert-OH is 1. The van der Waals surface area contributed by atoms with Crippen molar-refractivity contribution >= 4 is 23.9 Å². The first kappa shape index (κ1) is 32.5. The Morgan fingerprint density at radius 3 is 1.43 bits per heavy atom. The molecule has 9 nitrogen and oxygen atoms in total. The third-order valence-electron chi connectivity index (χ3n) is 1.95. The summed E-state index contributed by atoms with van der Waals surface area (Å²) in [6.07, 6.45) is 6.15. The highest BCUT2D eigenvalue weighted by atomic mass is 16.5. The van der Waals surface area contributed by atoms with Gasteiger partial charge in [0.05, 0.1) is 20.3 Å². The van der Waals surface area contributed by atoms with Crippen molar-refractivity contribution in [1.82, 2.24) is 0 Å².